The van der Waals surface area contributed by atoms with Crippen molar-refractivity contribution in [3.8, 4) is 0 Å². The summed E-state index contributed by atoms with van der Waals surface area (Å²) in [5.41, 5.74) is 0. The van der Waals surface area contributed by atoms with Gasteiger partial charge in [-0.05, 0) is 10.4 Å². The zero-order valence-electron chi connectivity index (χ0n) is 9.87. The van der Waals surface area contributed by atoms with Crippen LogP contribution in [0.25, 0.3) is 0 Å². The molecule has 0 unspecified atom stereocenters. The Kier molecular flexibility index (Phi) is 3.60. The summed E-state index contributed by atoms with van der Waals surface area (Å²) >= 11 is 0. The Hall–Kier alpha value is -0.366. The number of hydrogen-bond donors (Lipinski definition) is 2. The van der Waals surface area contributed by atoms with Crippen molar-refractivity contribution in [3.63, 3.8) is 0 Å². The van der Waals surface area contributed by atoms with Crippen LogP contribution in [0.15, 0.2) is 16.9 Å². The molecule has 2 N–H and O–H groups in total. The lowest BCUT2D eigenvalue weighted by Gasteiger charge is -2.25. The van der Waals surface area contributed by atoms with Gasteiger partial charge in [0.25, 0.3) is 0 Å². The van der Waals surface area contributed by atoms with E-state index in [1.54, 1.807) is 12.5 Å². The van der Waals surface area contributed by atoms with Gasteiger partial charge in [-0.3, -0.25) is 0 Å². The van der Waals surface area contributed by atoms with Gasteiger partial charge in [-0.2, -0.15) is 0 Å². The van der Waals surface area contributed by atoms with Crippen LogP contribution in [0.2, 0.25) is 26.2 Å². The van der Waals surface area contributed by atoms with Crippen LogP contribution in [0.3, 0.4) is 0 Å². The normalized spacial score (nSPS) is 13.2. The van der Waals surface area contributed by atoms with E-state index >= 15 is 0 Å². The first-order valence-corrected chi connectivity index (χ1v) is 11.6. The van der Waals surface area contributed by atoms with E-state index in [4.69, 9.17) is 4.42 Å². The second-order valence-electron chi connectivity index (χ2n) is 5.28. The summed E-state index contributed by atoms with van der Waals surface area (Å²) in [5, 5.41) is 21.1. The largest absolute Gasteiger partial charge is 0.473 e. The van der Waals surface area contributed by atoms with E-state index < -0.39 is 16.1 Å². The third kappa shape index (κ3) is 2.42. The summed E-state index contributed by atoms with van der Waals surface area (Å²) in [7, 11) is -3.57. The summed E-state index contributed by atoms with van der Waals surface area (Å²) < 4.78 is 5.27. The summed E-state index contributed by atoms with van der Waals surface area (Å²) in [6, 6.07) is 0. The molecule has 1 rings (SSSR count). The summed E-state index contributed by atoms with van der Waals surface area (Å²) in [6.45, 7) is 8.46. The highest BCUT2D eigenvalue weighted by molar-refractivity contribution is 6.99. The van der Waals surface area contributed by atoms with Crippen LogP contribution < -0.4 is 10.4 Å². The predicted molar refractivity (Wildman–Crippen MR) is 67.1 cm³/mol. The number of aliphatic hydroxyl groups is 2. The van der Waals surface area contributed by atoms with Crippen LogP contribution in [0, 0.1) is 0 Å². The molecule has 15 heavy (non-hydrogen) atoms. The standard InChI is InChI=1S/C10H20O3Si2/c1-14(2,7-11)9-5-13-6-10(9)15(3,4)8-12/h5-6,11-12H,7-8H2,1-4H3. The Balaban J connectivity index is 3.18. The van der Waals surface area contributed by atoms with Gasteiger partial charge in [0.15, 0.2) is 0 Å². The SMILES string of the molecule is C[Si](C)(CO)c1cocc1[Si](C)(C)CO. The number of hydrogen-bond acceptors (Lipinski definition) is 3. The summed E-state index contributed by atoms with van der Waals surface area (Å²) in [6.07, 6.45) is 3.94. The lowest BCUT2D eigenvalue weighted by atomic mass is 10.6. The lowest BCUT2D eigenvalue weighted by Crippen LogP contribution is -2.60. The van der Waals surface area contributed by atoms with Gasteiger partial charge in [-0.25, -0.2) is 0 Å². The molecular weight excluding hydrogens is 224 g/mol. The molecule has 3 nitrogen and oxygen atoms in total. The molecule has 0 bridgehead atoms. The van der Waals surface area contributed by atoms with Gasteiger partial charge in [-0.15, -0.1) is 0 Å². The smallest absolute Gasteiger partial charge is 0.113 e. The number of furan rings is 1. The topological polar surface area (TPSA) is 53.6 Å². The molecule has 0 saturated carbocycles. The van der Waals surface area contributed by atoms with Gasteiger partial charge in [0.1, 0.15) is 16.1 Å². The van der Waals surface area contributed by atoms with Crippen molar-refractivity contribution in [2.75, 3.05) is 12.5 Å². The van der Waals surface area contributed by atoms with Crippen molar-refractivity contribution in [2.45, 2.75) is 26.2 Å². The molecule has 5 heteroatoms. The Morgan fingerprint density at radius 2 is 1.27 bits per heavy atom. The van der Waals surface area contributed by atoms with Gasteiger partial charge in [0.05, 0.1) is 12.5 Å². The van der Waals surface area contributed by atoms with Crippen LogP contribution in [0.5, 0.6) is 0 Å². The van der Waals surface area contributed by atoms with Gasteiger partial charge in [-0.1, -0.05) is 26.2 Å². The zero-order chi connectivity index (χ0) is 11.7. The van der Waals surface area contributed by atoms with Gasteiger partial charge >= 0.3 is 0 Å². The van der Waals surface area contributed by atoms with Crippen molar-refractivity contribution < 1.29 is 14.6 Å². The van der Waals surface area contributed by atoms with Gasteiger partial charge in [0.2, 0.25) is 0 Å². The van der Waals surface area contributed by atoms with Crippen molar-refractivity contribution >= 4 is 26.5 Å². The maximum atomic E-state index is 9.40. The maximum absolute atomic E-state index is 9.40. The highest BCUT2D eigenvalue weighted by Crippen LogP contribution is 2.07. The van der Waals surface area contributed by atoms with Crippen molar-refractivity contribution in [1.29, 1.82) is 0 Å². The first kappa shape index (κ1) is 12.7. The van der Waals surface area contributed by atoms with Crippen LogP contribution in [-0.2, 0) is 0 Å². The average Bonchev–Trinajstić information content (AvgIpc) is 2.67. The zero-order valence-corrected chi connectivity index (χ0v) is 11.9. The Bertz CT molecular complexity index is 301. The highest BCUT2D eigenvalue weighted by Gasteiger charge is 2.34. The van der Waals surface area contributed by atoms with E-state index in [9.17, 15) is 10.2 Å². The lowest BCUT2D eigenvalue weighted by molar-refractivity contribution is 0.359. The second-order valence-corrected chi connectivity index (χ2v) is 14.5. The molecule has 1 heterocycles. The molecule has 0 atom stereocenters. The minimum absolute atomic E-state index is 0.218. The van der Waals surface area contributed by atoms with Crippen LogP contribution in [0.1, 0.15) is 0 Å². The van der Waals surface area contributed by atoms with E-state index in [1.165, 1.54) is 0 Å². The second kappa shape index (κ2) is 4.25. The molecule has 0 aliphatic rings. The molecule has 86 valence electrons. The Morgan fingerprint density at radius 3 is 1.53 bits per heavy atom. The maximum Gasteiger partial charge on any atom is 0.113 e. The molecular formula is C10H20O3Si2. The Labute approximate surface area is 92.8 Å². The summed E-state index contributed by atoms with van der Waals surface area (Å²) in [4.78, 5) is 0. The number of rotatable bonds is 4. The molecule has 1 aromatic heterocycles. The third-order valence-electron chi connectivity index (χ3n) is 2.91. The van der Waals surface area contributed by atoms with E-state index in [0.717, 1.165) is 10.4 Å². The van der Waals surface area contributed by atoms with Crippen LogP contribution in [0.4, 0.5) is 0 Å². The minimum atomic E-state index is -1.79. The summed E-state index contributed by atoms with van der Waals surface area (Å²) in [5.74, 6) is 0. The first-order chi connectivity index (χ1) is 6.85. The fraction of sp³-hybridized carbons (Fsp3) is 0.600. The molecule has 0 radical (unpaired) electrons. The Morgan fingerprint density at radius 1 is 0.933 bits per heavy atom. The molecule has 0 aliphatic carbocycles. The van der Waals surface area contributed by atoms with Gasteiger partial charge in [0, 0.05) is 12.5 Å². The van der Waals surface area contributed by atoms with Crippen molar-refractivity contribution in [2.24, 2.45) is 0 Å². The quantitative estimate of drug-likeness (QED) is 0.743. The van der Waals surface area contributed by atoms with Gasteiger partial charge < -0.3 is 14.6 Å². The van der Waals surface area contributed by atoms with Crippen molar-refractivity contribution in [1.82, 2.24) is 0 Å². The third-order valence-corrected chi connectivity index (χ3v) is 8.43. The fourth-order valence-electron chi connectivity index (χ4n) is 1.52. The fourth-order valence-corrected chi connectivity index (χ4v) is 6.24. The number of aliphatic hydroxyl groups excluding tert-OH is 2. The van der Waals surface area contributed by atoms with Crippen LogP contribution >= 0.6 is 0 Å². The monoisotopic (exact) mass is 244 g/mol. The predicted octanol–water partition coefficient (Wildman–Crippen LogP) is 0.173. The van der Waals surface area contributed by atoms with Crippen molar-refractivity contribution in [3.05, 3.63) is 12.5 Å². The molecule has 0 saturated heterocycles. The van der Waals surface area contributed by atoms with E-state index in [-0.39, 0.29) is 12.5 Å². The molecule has 0 fully saturated rings. The highest BCUT2D eigenvalue weighted by atomic mass is 28.3. The average molecular weight is 244 g/mol. The molecule has 1 aromatic rings. The minimum Gasteiger partial charge on any atom is -0.473 e. The van der Waals surface area contributed by atoms with E-state index in [0.29, 0.717) is 0 Å². The molecule has 0 spiro atoms. The molecule has 0 amide bonds. The molecule has 0 aliphatic heterocycles. The van der Waals surface area contributed by atoms with Crippen LogP contribution in [-0.4, -0.2) is 38.8 Å². The molecule has 0 aromatic carbocycles. The first-order valence-electron chi connectivity index (χ1n) is 5.14. The van der Waals surface area contributed by atoms with E-state index in [2.05, 4.69) is 26.2 Å². The van der Waals surface area contributed by atoms with E-state index in [1.807, 2.05) is 0 Å².